The Kier molecular flexibility index (Phi) is 5.34. The molecule has 0 amide bonds. The lowest BCUT2D eigenvalue weighted by atomic mass is 10.2. The number of aromatic amines is 1. The summed E-state index contributed by atoms with van der Waals surface area (Å²) >= 11 is 0.720. The van der Waals surface area contributed by atoms with Crippen LogP contribution >= 0.6 is 11.3 Å². The summed E-state index contributed by atoms with van der Waals surface area (Å²) in [5.74, 6) is -2.88. The Hall–Kier alpha value is -4.23. The predicted molar refractivity (Wildman–Crippen MR) is 131 cm³/mol. The number of thiophene rings is 1. The number of carboxylic acids is 1. The first kappa shape index (κ1) is 23.5. The fraction of sp³-hybridized carbons (Fsp3) is 0.0870. The Morgan fingerprint density at radius 3 is 2.61 bits per heavy atom. The van der Waals surface area contributed by atoms with Crippen LogP contribution in [0.4, 0.5) is 4.39 Å². The fourth-order valence-corrected chi connectivity index (χ4v) is 6.50. The minimum atomic E-state index is -4.41. The van der Waals surface area contributed by atoms with Gasteiger partial charge in [0.1, 0.15) is 15.5 Å². The third-order valence-corrected chi connectivity index (χ3v) is 8.40. The van der Waals surface area contributed by atoms with Crippen molar-refractivity contribution >= 4 is 49.1 Å². The summed E-state index contributed by atoms with van der Waals surface area (Å²) in [7, 11) is -3.25. The van der Waals surface area contributed by atoms with Crippen LogP contribution in [0, 0.1) is 12.7 Å². The van der Waals surface area contributed by atoms with Gasteiger partial charge in [-0.25, -0.2) is 30.9 Å². The molecule has 0 saturated carbocycles. The van der Waals surface area contributed by atoms with Crippen molar-refractivity contribution in [2.45, 2.75) is 11.8 Å². The number of aromatic nitrogens is 3. The second-order valence-electron chi connectivity index (χ2n) is 7.81. The van der Waals surface area contributed by atoms with Crippen LogP contribution in [0.5, 0.6) is 5.75 Å². The largest absolute Gasteiger partial charge is 0.495 e. The Labute approximate surface area is 205 Å². The molecule has 0 bridgehead atoms. The van der Waals surface area contributed by atoms with Crippen LogP contribution in [0.25, 0.3) is 27.5 Å². The van der Waals surface area contributed by atoms with Gasteiger partial charge in [-0.3, -0.25) is 4.79 Å². The van der Waals surface area contributed by atoms with Gasteiger partial charge in [0.2, 0.25) is 0 Å². The van der Waals surface area contributed by atoms with Crippen molar-refractivity contribution in [2.75, 3.05) is 7.11 Å². The number of carboxylic acid groups (broad SMARTS) is 1. The number of hydrogen-bond donors (Lipinski definition) is 2. The smallest absolute Gasteiger partial charge is 0.346 e. The van der Waals surface area contributed by atoms with E-state index >= 15 is 4.39 Å². The summed E-state index contributed by atoms with van der Waals surface area (Å²) in [5.41, 5.74) is -1.85. The number of benzene rings is 2. The van der Waals surface area contributed by atoms with Crippen LogP contribution in [0.3, 0.4) is 0 Å². The van der Waals surface area contributed by atoms with E-state index in [4.69, 9.17) is 4.74 Å². The zero-order valence-electron chi connectivity index (χ0n) is 18.6. The molecule has 0 atom stereocenters. The van der Waals surface area contributed by atoms with E-state index in [-0.39, 0.29) is 21.5 Å². The number of carbonyl (C=O) groups is 1. The SMILES string of the molecule is COc1cc(F)c(-n2c(=O)[nH]c3csc(C(=O)O)c3c2=O)cc1S(=O)(=O)n1cc(C)c2ccccc21. The van der Waals surface area contributed by atoms with Crippen LogP contribution < -0.4 is 16.0 Å². The summed E-state index contributed by atoms with van der Waals surface area (Å²) in [6, 6.07) is 8.35. The number of halogens is 1. The number of nitrogens with zero attached hydrogens (tertiary/aromatic N) is 2. The highest BCUT2D eigenvalue weighted by atomic mass is 32.2. The maximum Gasteiger partial charge on any atom is 0.346 e. The average Bonchev–Trinajstić information content (AvgIpc) is 3.42. The van der Waals surface area contributed by atoms with Crippen LogP contribution in [-0.4, -0.2) is 40.1 Å². The normalized spacial score (nSPS) is 11.9. The molecule has 5 rings (SSSR count). The zero-order chi connectivity index (χ0) is 25.9. The Morgan fingerprint density at radius 2 is 1.92 bits per heavy atom. The molecule has 2 aromatic carbocycles. The molecule has 3 heterocycles. The number of para-hydroxylation sites is 1. The van der Waals surface area contributed by atoms with Gasteiger partial charge >= 0.3 is 11.7 Å². The van der Waals surface area contributed by atoms with Gasteiger partial charge in [0.25, 0.3) is 15.6 Å². The lowest BCUT2D eigenvalue weighted by molar-refractivity contribution is 0.0704. The Morgan fingerprint density at radius 1 is 1.19 bits per heavy atom. The highest BCUT2D eigenvalue weighted by Gasteiger charge is 2.28. The van der Waals surface area contributed by atoms with Gasteiger partial charge in [-0.2, -0.15) is 0 Å². The van der Waals surface area contributed by atoms with Gasteiger partial charge in [0.05, 0.1) is 29.2 Å². The molecule has 0 aliphatic heterocycles. The molecular weight excluding hydrogens is 513 g/mol. The number of ether oxygens (including phenoxy) is 1. The molecule has 10 nitrogen and oxygen atoms in total. The molecule has 2 N–H and O–H groups in total. The highest BCUT2D eigenvalue weighted by molar-refractivity contribution is 7.90. The van der Waals surface area contributed by atoms with E-state index in [9.17, 15) is 27.9 Å². The molecule has 36 heavy (non-hydrogen) atoms. The first-order valence-corrected chi connectivity index (χ1v) is 12.6. The van der Waals surface area contributed by atoms with Gasteiger partial charge < -0.3 is 14.8 Å². The molecule has 3 aromatic heterocycles. The minimum Gasteiger partial charge on any atom is -0.495 e. The molecule has 0 fully saturated rings. The third-order valence-electron chi connectivity index (χ3n) is 5.73. The average molecular weight is 530 g/mol. The van der Waals surface area contributed by atoms with E-state index in [1.54, 1.807) is 31.2 Å². The van der Waals surface area contributed by atoms with Gasteiger partial charge in [-0.05, 0) is 24.6 Å². The second kappa shape index (κ2) is 8.17. The number of fused-ring (bicyclic) bond motifs is 2. The van der Waals surface area contributed by atoms with Crippen molar-refractivity contribution in [3.05, 3.63) is 85.1 Å². The standard InChI is InChI=1S/C23H16FN3O7S2/c1-11-9-26(15-6-4-3-5-12(11)15)36(32,33)18-8-16(13(24)7-17(18)34-2)27-21(28)19-14(25-23(27)31)10-35-20(19)22(29)30/h3-10H,1-2H3,(H,25,31)(H,29,30). The van der Waals surface area contributed by atoms with Crippen molar-refractivity contribution in [1.82, 2.24) is 13.5 Å². The second-order valence-corrected chi connectivity index (χ2v) is 10.5. The molecule has 0 aliphatic rings. The van der Waals surface area contributed by atoms with Crippen molar-refractivity contribution in [3.8, 4) is 11.4 Å². The Bertz CT molecular complexity index is 1950. The van der Waals surface area contributed by atoms with Crippen LogP contribution in [0.2, 0.25) is 0 Å². The summed E-state index contributed by atoms with van der Waals surface area (Å²) < 4.78 is 49.2. The number of H-pyrrole nitrogens is 1. The van der Waals surface area contributed by atoms with E-state index in [1.165, 1.54) is 11.6 Å². The van der Waals surface area contributed by atoms with E-state index in [1.807, 2.05) is 0 Å². The molecule has 0 saturated heterocycles. The number of methoxy groups -OCH3 is 1. The summed E-state index contributed by atoms with van der Waals surface area (Å²) in [5, 5.41) is 11.0. The number of nitrogens with one attached hydrogen (secondary N) is 1. The van der Waals surface area contributed by atoms with Crippen LogP contribution in [0.1, 0.15) is 15.2 Å². The van der Waals surface area contributed by atoms with Gasteiger partial charge in [-0.15, -0.1) is 11.3 Å². The lowest BCUT2D eigenvalue weighted by Crippen LogP contribution is -2.34. The van der Waals surface area contributed by atoms with Gasteiger partial charge in [0, 0.05) is 23.0 Å². The quantitative estimate of drug-likeness (QED) is 0.357. The molecule has 0 aliphatic carbocycles. The molecule has 0 unspecified atom stereocenters. The van der Waals surface area contributed by atoms with Crippen LogP contribution in [0.15, 0.2) is 62.5 Å². The van der Waals surface area contributed by atoms with Gasteiger partial charge in [0.15, 0.2) is 5.82 Å². The molecule has 5 aromatic rings. The van der Waals surface area contributed by atoms with Crippen molar-refractivity contribution in [3.63, 3.8) is 0 Å². The number of hydrogen-bond acceptors (Lipinski definition) is 7. The topological polar surface area (TPSA) is 140 Å². The first-order valence-electron chi connectivity index (χ1n) is 10.3. The molecule has 184 valence electrons. The van der Waals surface area contributed by atoms with Crippen molar-refractivity contribution in [1.29, 1.82) is 0 Å². The van der Waals surface area contributed by atoms with Crippen molar-refractivity contribution < 1.29 is 27.4 Å². The molecule has 13 heteroatoms. The number of rotatable bonds is 5. The van der Waals surface area contributed by atoms with E-state index in [2.05, 4.69) is 4.98 Å². The molecule has 0 spiro atoms. The monoisotopic (exact) mass is 529 g/mol. The summed E-state index contributed by atoms with van der Waals surface area (Å²) in [6.07, 6.45) is 1.40. The third kappa shape index (κ3) is 3.35. The highest BCUT2D eigenvalue weighted by Crippen LogP contribution is 2.33. The summed E-state index contributed by atoms with van der Waals surface area (Å²) in [4.78, 5) is 39.0. The minimum absolute atomic E-state index is 0.0281. The van der Waals surface area contributed by atoms with Crippen LogP contribution in [-0.2, 0) is 10.0 Å². The van der Waals surface area contributed by atoms with E-state index < -0.39 is 43.6 Å². The maximum atomic E-state index is 15.2. The molecule has 0 radical (unpaired) electrons. The maximum absolute atomic E-state index is 15.2. The lowest BCUT2D eigenvalue weighted by Gasteiger charge is -2.15. The number of aromatic carboxylic acids is 1. The van der Waals surface area contributed by atoms with Crippen molar-refractivity contribution in [2.24, 2.45) is 0 Å². The van der Waals surface area contributed by atoms with E-state index in [0.29, 0.717) is 21.0 Å². The predicted octanol–water partition coefficient (Wildman–Crippen LogP) is 3.09. The number of aryl methyl sites for hydroxylation is 1. The zero-order valence-corrected chi connectivity index (χ0v) is 20.2. The van der Waals surface area contributed by atoms with E-state index in [0.717, 1.165) is 34.6 Å². The fourth-order valence-electron chi connectivity index (χ4n) is 4.09. The van der Waals surface area contributed by atoms with Gasteiger partial charge in [-0.1, -0.05) is 18.2 Å². The summed E-state index contributed by atoms with van der Waals surface area (Å²) in [6.45, 7) is 1.73. The molecular formula is C23H16FN3O7S2. The first-order chi connectivity index (χ1) is 17.1. The Balaban J connectivity index is 1.83.